The van der Waals surface area contributed by atoms with Crippen LogP contribution in [0, 0.1) is 20.8 Å². The van der Waals surface area contributed by atoms with Crippen molar-refractivity contribution in [1.29, 1.82) is 0 Å². The lowest BCUT2D eigenvalue weighted by atomic mass is 9.92. The maximum atomic E-state index is 13.2. The van der Waals surface area contributed by atoms with Crippen molar-refractivity contribution in [3.63, 3.8) is 0 Å². The van der Waals surface area contributed by atoms with E-state index in [0.717, 1.165) is 16.4 Å². The second-order valence-electron chi connectivity index (χ2n) is 6.67. The molecule has 3 aromatic carbocycles. The summed E-state index contributed by atoms with van der Waals surface area (Å²) in [5.74, 6) is -0.367. The van der Waals surface area contributed by atoms with Gasteiger partial charge in [0, 0.05) is 16.7 Å². The van der Waals surface area contributed by atoms with Crippen LogP contribution in [-0.2, 0) is 4.57 Å². The largest absolute Gasteiger partial charge is 0.415 e. The minimum atomic E-state index is -1.82. The topological polar surface area (TPSA) is 54.4 Å². The normalized spacial score (nSPS) is 12.5. The van der Waals surface area contributed by atoms with Gasteiger partial charge in [0.2, 0.25) is 5.30 Å². The van der Waals surface area contributed by atoms with E-state index in [0.29, 0.717) is 22.0 Å². The lowest BCUT2D eigenvalue weighted by molar-refractivity contribution is 0.0746. The first-order valence-corrected chi connectivity index (χ1v) is 10.1. The highest BCUT2D eigenvalue weighted by molar-refractivity contribution is 7.61. The molecule has 3 aromatic rings. The van der Waals surface area contributed by atoms with Gasteiger partial charge < -0.3 is 5.11 Å². The van der Waals surface area contributed by atoms with Gasteiger partial charge in [-0.1, -0.05) is 59.2 Å². The Morgan fingerprint density at radius 1 is 0.889 bits per heavy atom. The van der Waals surface area contributed by atoms with Gasteiger partial charge in [0.1, 0.15) is 6.10 Å². The second-order valence-corrected chi connectivity index (χ2v) is 8.22. The average molecular weight is 377 g/mol. The molecular weight excluding hydrogens is 355 g/mol. The van der Waals surface area contributed by atoms with Crippen molar-refractivity contribution in [3.05, 3.63) is 94.5 Å². The first-order chi connectivity index (χ1) is 12.9. The zero-order chi connectivity index (χ0) is 19.6. The third-order valence-corrected chi connectivity index (χ3v) is 6.60. The number of aliphatic hydroxyl groups is 1. The zero-order valence-electron chi connectivity index (χ0n) is 15.6. The van der Waals surface area contributed by atoms with Crippen LogP contribution in [0.5, 0.6) is 0 Å². The second kappa shape index (κ2) is 7.96. The molecule has 0 spiro atoms. The monoisotopic (exact) mass is 377 g/mol. The summed E-state index contributed by atoms with van der Waals surface area (Å²) in [6, 6.07) is 20.0. The van der Waals surface area contributed by atoms with E-state index >= 15 is 0 Å². The molecular formula is C23H22O3P+. The van der Waals surface area contributed by atoms with E-state index in [-0.39, 0.29) is 5.78 Å². The highest BCUT2D eigenvalue weighted by Crippen LogP contribution is 2.30. The maximum Gasteiger partial charge on any atom is 0.415 e. The van der Waals surface area contributed by atoms with Crippen molar-refractivity contribution in [3.8, 4) is 0 Å². The van der Waals surface area contributed by atoms with Crippen LogP contribution in [0.25, 0.3) is 0 Å². The van der Waals surface area contributed by atoms with Crippen LogP contribution >= 0.6 is 7.80 Å². The number of aliphatic hydroxyl groups excluding tert-OH is 1. The predicted octanol–water partition coefficient (Wildman–Crippen LogP) is 4.31. The number of carbonyl (C=O) groups excluding carboxylic acids is 1. The van der Waals surface area contributed by atoms with Crippen molar-refractivity contribution in [2.45, 2.75) is 26.9 Å². The summed E-state index contributed by atoms with van der Waals surface area (Å²) in [6.45, 7) is 5.58. The number of hydrogen-bond donors (Lipinski definition) is 1. The molecule has 27 heavy (non-hydrogen) atoms. The van der Waals surface area contributed by atoms with Gasteiger partial charge in [-0.25, -0.2) is 0 Å². The molecule has 0 saturated carbocycles. The Hall–Kier alpha value is -2.61. The molecule has 0 aliphatic carbocycles. The van der Waals surface area contributed by atoms with Crippen LogP contribution < -0.4 is 10.6 Å². The molecule has 0 bridgehead atoms. The van der Waals surface area contributed by atoms with Crippen LogP contribution in [-0.4, -0.2) is 10.9 Å². The molecule has 0 fully saturated rings. The Kier molecular flexibility index (Phi) is 5.65. The third-order valence-electron chi connectivity index (χ3n) is 4.73. The minimum Gasteiger partial charge on any atom is -0.380 e. The quantitative estimate of drug-likeness (QED) is 0.533. The van der Waals surface area contributed by atoms with E-state index in [1.54, 1.807) is 24.3 Å². The Morgan fingerprint density at radius 3 is 2.04 bits per heavy atom. The number of benzene rings is 3. The molecule has 0 amide bonds. The summed E-state index contributed by atoms with van der Waals surface area (Å²) in [6.07, 6.45) is -1.24. The summed E-state index contributed by atoms with van der Waals surface area (Å²) in [5, 5.41) is 12.0. The summed E-state index contributed by atoms with van der Waals surface area (Å²) in [4.78, 5) is 13.1. The fourth-order valence-corrected chi connectivity index (χ4v) is 4.99. The van der Waals surface area contributed by atoms with Crippen molar-refractivity contribution >= 4 is 24.2 Å². The van der Waals surface area contributed by atoms with Crippen molar-refractivity contribution in [2.24, 2.45) is 0 Å². The highest BCUT2D eigenvalue weighted by Gasteiger charge is 2.33. The van der Waals surface area contributed by atoms with Gasteiger partial charge in [0.15, 0.2) is 11.1 Å². The number of rotatable bonds is 5. The number of aryl methyl sites for hydroxylation is 2. The fraction of sp³-hybridized carbons (Fsp3) is 0.174. The molecule has 2 unspecified atom stereocenters. The number of carbonyl (C=O) groups is 1. The minimum absolute atomic E-state index is 0.367. The summed E-state index contributed by atoms with van der Waals surface area (Å²) in [7, 11) is -1.82. The van der Waals surface area contributed by atoms with Gasteiger partial charge in [-0.3, -0.25) is 4.79 Å². The van der Waals surface area contributed by atoms with Crippen LogP contribution in [0.3, 0.4) is 0 Å². The Morgan fingerprint density at radius 2 is 1.44 bits per heavy atom. The van der Waals surface area contributed by atoms with Crippen LogP contribution in [0.4, 0.5) is 0 Å². The molecule has 2 atom stereocenters. The van der Waals surface area contributed by atoms with Crippen LogP contribution in [0.1, 0.15) is 38.7 Å². The number of ketones is 1. The van der Waals surface area contributed by atoms with E-state index in [1.165, 1.54) is 0 Å². The fourth-order valence-electron chi connectivity index (χ4n) is 3.48. The van der Waals surface area contributed by atoms with Crippen molar-refractivity contribution in [2.75, 3.05) is 0 Å². The number of Topliss-reactive ketones (excluding diaryl/α,β-unsaturated/α-hetero) is 1. The first-order valence-electron chi connectivity index (χ1n) is 8.82. The third kappa shape index (κ3) is 3.75. The lowest BCUT2D eigenvalue weighted by Gasteiger charge is -2.15. The predicted molar refractivity (Wildman–Crippen MR) is 110 cm³/mol. The molecule has 0 heterocycles. The smallest absolute Gasteiger partial charge is 0.380 e. The van der Waals surface area contributed by atoms with Crippen molar-refractivity contribution in [1.82, 2.24) is 0 Å². The molecule has 3 nitrogen and oxygen atoms in total. The molecule has 0 aliphatic rings. The Labute approximate surface area is 160 Å². The van der Waals surface area contributed by atoms with E-state index in [2.05, 4.69) is 0 Å². The Bertz CT molecular complexity index is 995. The summed E-state index contributed by atoms with van der Waals surface area (Å²) >= 11 is 0. The van der Waals surface area contributed by atoms with Gasteiger partial charge >= 0.3 is 7.80 Å². The summed E-state index contributed by atoms with van der Waals surface area (Å²) < 4.78 is 13.2. The molecule has 136 valence electrons. The molecule has 0 saturated heterocycles. The average Bonchev–Trinajstić information content (AvgIpc) is 2.68. The van der Waals surface area contributed by atoms with Crippen molar-refractivity contribution < 1.29 is 14.5 Å². The van der Waals surface area contributed by atoms with Gasteiger partial charge in [-0.05, 0) is 44.0 Å². The van der Waals surface area contributed by atoms with Gasteiger partial charge in [-0.2, -0.15) is 0 Å². The standard InChI is InChI=1S/C23H22O3P/c1-15-14-16(2)23(27(26)19-12-8-5-9-13-19)17(3)20(15)22(25)21(24)18-10-6-4-7-11-18/h4-14,21,24H,1-3H3/q+1. The van der Waals surface area contributed by atoms with Gasteiger partial charge in [0.25, 0.3) is 0 Å². The van der Waals surface area contributed by atoms with E-state index in [9.17, 15) is 14.5 Å². The summed E-state index contributed by atoms with van der Waals surface area (Å²) in [5.41, 5.74) is 3.35. The molecule has 1 N–H and O–H groups in total. The van der Waals surface area contributed by atoms with Gasteiger partial charge in [-0.15, -0.1) is 0 Å². The van der Waals surface area contributed by atoms with Gasteiger partial charge in [0.05, 0.1) is 0 Å². The molecule has 0 radical (unpaired) electrons. The van der Waals surface area contributed by atoms with E-state index in [1.807, 2.05) is 63.2 Å². The zero-order valence-corrected chi connectivity index (χ0v) is 16.5. The SMILES string of the molecule is Cc1cc(C)c([P+](=O)c2ccccc2)c(C)c1C(=O)C(O)c1ccccc1. The lowest BCUT2D eigenvalue weighted by Crippen LogP contribution is -2.22. The maximum absolute atomic E-state index is 13.2. The molecule has 0 aliphatic heterocycles. The van der Waals surface area contributed by atoms with E-state index < -0.39 is 13.9 Å². The Balaban J connectivity index is 2.09. The molecule has 3 rings (SSSR count). The molecule has 0 aromatic heterocycles. The first kappa shape index (κ1) is 19.2. The number of hydrogen-bond acceptors (Lipinski definition) is 3. The van der Waals surface area contributed by atoms with Crippen LogP contribution in [0.15, 0.2) is 66.7 Å². The highest BCUT2D eigenvalue weighted by atomic mass is 31.1. The van der Waals surface area contributed by atoms with Crippen LogP contribution in [0.2, 0.25) is 0 Å². The molecule has 4 heteroatoms. The van der Waals surface area contributed by atoms with E-state index in [4.69, 9.17) is 0 Å².